The van der Waals surface area contributed by atoms with E-state index in [1.165, 1.54) is 0 Å². The SMILES string of the molecule is Cc1nn(C)c(CC(CO)CC(C)C)c1Cl. The first-order valence-corrected chi connectivity index (χ1v) is 6.12. The molecule has 0 aromatic carbocycles. The molecule has 0 aliphatic heterocycles. The molecule has 1 heterocycles. The van der Waals surface area contributed by atoms with Crippen LogP contribution in [0.25, 0.3) is 0 Å². The summed E-state index contributed by atoms with van der Waals surface area (Å²) < 4.78 is 1.82. The molecule has 1 aromatic rings. The summed E-state index contributed by atoms with van der Waals surface area (Å²) in [4.78, 5) is 0. The predicted molar refractivity (Wildman–Crippen MR) is 66.7 cm³/mol. The van der Waals surface area contributed by atoms with Gasteiger partial charge in [0.05, 0.1) is 16.4 Å². The summed E-state index contributed by atoms with van der Waals surface area (Å²) in [7, 11) is 1.90. The van der Waals surface area contributed by atoms with E-state index < -0.39 is 0 Å². The van der Waals surface area contributed by atoms with Crippen LogP contribution in [-0.4, -0.2) is 21.5 Å². The average Bonchev–Trinajstić information content (AvgIpc) is 2.43. The highest BCUT2D eigenvalue weighted by molar-refractivity contribution is 6.31. The molecule has 3 nitrogen and oxygen atoms in total. The fourth-order valence-corrected chi connectivity index (χ4v) is 2.30. The van der Waals surface area contributed by atoms with E-state index in [4.69, 9.17) is 11.6 Å². The third-order valence-corrected chi connectivity index (χ3v) is 3.30. The van der Waals surface area contributed by atoms with Gasteiger partial charge in [-0.2, -0.15) is 5.10 Å². The van der Waals surface area contributed by atoms with Gasteiger partial charge in [-0.3, -0.25) is 4.68 Å². The van der Waals surface area contributed by atoms with E-state index >= 15 is 0 Å². The van der Waals surface area contributed by atoms with Crippen molar-refractivity contribution in [3.8, 4) is 0 Å². The van der Waals surface area contributed by atoms with Crippen molar-refractivity contribution in [1.82, 2.24) is 9.78 Å². The minimum absolute atomic E-state index is 0.207. The van der Waals surface area contributed by atoms with Crippen molar-refractivity contribution >= 4 is 11.6 Å². The number of aliphatic hydroxyl groups excluding tert-OH is 1. The van der Waals surface area contributed by atoms with E-state index in [-0.39, 0.29) is 12.5 Å². The lowest BCUT2D eigenvalue weighted by Gasteiger charge is -2.16. The highest BCUT2D eigenvalue weighted by atomic mass is 35.5. The molecule has 0 spiro atoms. The molecular formula is C12H21ClN2O. The first-order valence-electron chi connectivity index (χ1n) is 5.74. The second-order valence-electron chi connectivity index (χ2n) is 4.85. The molecule has 0 bridgehead atoms. The van der Waals surface area contributed by atoms with E-state index in [2.05, 4.69) is 18.9 Å². The van der Waals surface area contributed by atoms with Gasteiger partial charge in [-0.25, -0.2) is 0 Å². The lowest BCUT2D eigenvalue weighted by molar-refractivity contribution is 0.203. The van der Waals surface area contributed by atoms with Crippen LogP contribution in [0.3, 0.4) is 0 Å². The summed E-state index contributed by atoms with van der Waals surface area (Å²) in [5.41, 5.74) is 1.89. The van der Waals surface area contributed by atoms with Crippen LogP contribution in [-0.2, 0) is 13.5 Å². The molecule has 1 unspecified atom stereocenters. The predicted octanol–water partition coefficient (Wildman–Crippen LogP) is 2.58. The number of rotatable bonds is 5. The maximum Gasteiger partial charge on any atom is 0.0847 e. The summed E-state index contributed by atoms with van der Waals surface area (Å²) in [5, 5.41) is 14.4. The van der Waals surface area contributed by atoms with Gasteiger partial charge < -0.3 is 5.11 Å². The molecule has 0 fully saturated rings. The third-order valence-electron chi connectivity index (χ3n) is 2.81. The van der Waals surface area contributed by atoms with Crippen LogP contribution in [0, 0.1) is 18.8 Å². The minimum atomic E-state index is 0.207. The van der Waals surface area contributed by atoms with Crippen LogP contribution in [0.1, 0.15) is 31.7 Å². The van der Waals surface area contributed by atoms with Gasteiger partial charge in [0.25, 0.3) is 0 Å². The van der Waals surface area contributed by atoms with Gasteiger partial charge in [-0.1, -0.05) is 25.4 Å². The van der Waals surface area contributed by atoms with Crippen LogP contribution in [0.15, 0.2) is 0 Å². The second kappa shape index (κ2) is 5.69. The Morgan fingerprint density at radius 3 is 2.44 bits per heavy atom. The van der Waals surface area contributed by atoms with Gasteiger partial charge in [0.15, 0.2) is 0 Å². The van der Waals surface area contributed by atoms with E-state index in [1.54, 1.807) is 0 Å². The van der Waals surface area contributed by atoms with Crippen molar-refractivity contribution in [3.05, 3.63) is 16.4 Å². The molecule has 0 amide bonds. The Labute approximate surface area is 102 Å². The maximum absolute atomic E-state index is 9.35. The fourth-order valence-electron chi connectivity index (χ4n) is 2.06. The maximum atomic E-state index is 9.35. The quantitative estimate of drug-likeness (QED) is 0.865. The molecule has 1 atom stereocenters. The molecule has 0 radical (unpaired) electrons. The minimum Gasteiger partial charge on any atom is -0.396 e. The van der Waals surface area contributed by atoms with Gasteiger partial charge in [0.2, 0.25) is 0 Å². The van der Waals surface area contributed by atoms with E-state index in [1.807, 2.05) is 18.7 Å². The number of hydrogen-bond donors (Lipinski definition) is 1. The Morgan fingerprint density at radius 2 is 2.06 bits per heavy atom. The smallest absolute Gasteiger partial charge is 0.0847 e. The van der Waals surface area contributed by atoms with Crippen LogP contribution < -0.4 is 0 Å². The number of nitrogens with zero attached hydrogens (tertiary/aromatic N) is 2. The normalized spacial score (nSPS) is 13.4. The summed E-state index contributed by atoms with van der Waals surface area (Å²) in [6.45, 7) is 6.44. The van der Waals surface area contributed by atoms with Crippen molar-refractivity contribution in [3.63, 3.8) is 0 Å². The Balaban J connectivity index is 2.77. The summed E-state index contributed by atoms with van der Waals surface area (Å²) in [5.74, 6) is 0.859. The van der Waals surface area contributed by atoms with Gasteiger partial charge in [-0.05, 0) is 31.6 Å². The largest absolute Gasteiger partial charge is 0.396 e. The summed E-state index contributed by atoms with van der Waals surface area (Å²) in [6.07, 6.45) is 1.81. The van der Waals surface area contributed by atoms with Crippen LogP contribution >= 0.6 is 11.6 Å². The standard InChI is InChI=1S/C12H21ClN2O/c1-8(2)5-10(7-16)6-11-12(13)9(3)14-15(11)4/h8,10,16H,5-7H2,1-4H3. The van der Waals surface area contributed by atoms with E-state index in [0.29, 0.717) is 5.92 Å². The Morgan fingerprint density at radius 1 is 1.44 bits per heavy atom. The van der Waals surface area contributed by atoms with E-state index in [0.717, 1.165) is 29.3 Å². The highest BCUT2D eigenvalue weighted by Crippen LogP contribution is 2.24. The molecule has 0 aliphatic carbocycles. The molecule has 1 rings (SSSR count). The molecule has 16 heavy (non-hydrogen) atoms. The van der Waals surface area contributed by atoms with Gasteiger partial charge in [-0.15, -0.1) is 0 Å². The van der Waals surface area contributed by atoms with Crippen LogP contribution in [0.5, 0.6) is 0 Å². The highest BCUT2D eigenvalue weighted by Gasteiger charge is 2.17. The lowest BCUT2D eigenvalue weighted by atomic mass is 9.93. The number of aromatic nitrogens is 2. The van der Waals surface area contributed by atoms with Crippen molar-refractivity contribution in [2.24, 2.45) is 18.9 Å². The zero-order valence-electron chi connectivity index (χ0n) is 10.5. The van der Waals surface area contributed by atoms with Gasteiger partial charge in [0.1, 0.15) is 0 Å². The van der Waals surface area contributed by atoms with Crippen LogP contribution in [0.4, 0.5) is 0 Å². The molecule has 1 N–H and O–H groups in total. The van der Waals surface area contributed by atoms with Gasteiger partial charge in [0, 0.05) is 13.7 Å². The lowest BCUT2D eigenvalue weighted by Crippen LogP contribution is -2.14. The number of aryl methyl sites for hydroxylation is 2. The fraction of sp³-hybridized carbons (Fsp3) is 0.750. The van der Waals surface area contributed by atoms with Crippen LogP contribution in [0.2, 0.25) is 5.02 Å². The molecule has 4 heteroatoms. The molecule has 0 aliphatic rings. The molecule has 0 saturated heterocycles. The zero-order chi connectivity index (χ0) is 12.3. The van der Waals surface area contributed by atoms with Crippen molar-refractivity contribution < 1.29 is 5.11 Å². The van der Waals surface area contributed by atoms with Crippen molar-refractivity contribution in [1.29, 1.82) is 0 Å². The second-order valence-corrected chi connectivity index (χ2v) is 5.23. The molecule has 0 saturated carbocycles. The van der Waals surface area contributed by atoms with Crippen molar-refractivity contribution in [2.45, 2.75) is 33.6 Å². The first kappa shape index (κ1) is 13.5. The Kier molecular flexibility index (Phi) is 4.81. The van der Waals surface area contributed by atoms with E-state index in [9.17, 15) is 5.11 Å². The summed E-state index contributed by atoms with van der Waals surface area (Å²) in [6, 6.07) is 0. The molecule has 1 aromatic heterocycles. The topological polar surface area (TPSA) is 38.0 Å². The van der Waals surface area contributed by atoms with Crippen molar-refractivity contribution in [2.75, 3.05) is 6.61 Å². The Bertz CT molecular complexity index is 347. The third kappa shape index (κ3) is 3.22. The Hall–Kier alpha value is -0.540. The first-order chi connectivity index (χ1) is 7.45. The zero-order valence-corrected chi connectivity index (χ0v) is 11.3. The van der Waals surface area contributed by atoms with Gasteiger partial charge >= 0.3 is 0 Å². The number of halogens is 1. The molecular weight excluding hydrogens is 224 g/mol. The molecule has 92 valence electrons. The average molecular weight is 245 g/mol. The monoisotopic (exact) mass is 244 g/mol. The number of hydrogen-bond acceptors (Lipinski definition) is 2. The number of aliphatic hydroxyl groups is 1. The summed E-state index contributed by atoms with van der Waals surface area (Å²) >= 11 is 6.19.